The van der Waals surface area contributed by atoms with Crippen molar-refractivity contribution in [1.29, 1.82) is 0 Å². The number of thioether (sulfide) groups is 1. The Balaban J connectivity index is 1.91. The first-order valence-electron chi connectivity index (χ1n) is 6.72. The number of anilines is 2. The Kier molecular flexibility index (Phi) is 5.21. The summed E-state index contributed by atoms with van der Waals surface area (Å²) in [5.74, 6) is 0.0358. The molecule has 22 heavy (non-hydrogen) atoms. The number of hydrogen-bond acceptors (Lipinski definition) is 5. The van der Waals surface area contributed by atoms with Crippen molar-refractivity contribution in [2.75, 3.05) is 30.1 Å². The highest BCUT2D eigenvalue weighted by Crippen LogP contribution is 2.17. The summed E-state index contributed by atoms with van der Waals surface area (Å²) in [5, 5.41) is 3.26. The zero-order chi connectivity index (χ0) is 16.1. The number of carbonyl (C=O) groups is 1. The molecular formula is C15H18N4O2S. The molecule has 0 fully saturated rings. The van der Waals surface area contributed by atoms with E-state index in [0.29, 0.717) is 10.9 Å². The average molecular weight is 318 g/mol. The summed E-state index contributed by atoms with van der Waals surface area (Å²) in [6.45, 7) is 1.74. The molecule has 1 aromatic heterocycles. The maximum Gasteiger partial charge on any atom is 0.251 e. The molecule has 0 saturated carbocycles. The molecule has 1 amide bonds. The number of aryl methyl sites for hydroxylation is 1. The quantitative estimate of drug-likeness (QED) is 0.650. The Labute approximate surface area is 133 Å². The van der Waals surface area contributed by atoms with Gasteiger partial charge in [-0.1, -0.05) is 11.8 Å². The number of H-pyrrole nitrogens is 1. The van der Waals surface area contributed by atoms with Crippen LogP contribution in [0.1, 0.15) is 5.69 Å². The van der Waals surface area contributed by atoms with Crippen LogP contribution < -0.4 is 15.8 Å². The number of nitrogens with zero attached hydrogens (tertiary/aromatic N) is 2. The van der Waals surface area contributed by atoms with E-state index in [1.54, 1.807) is 6.92 Å². The van der Waals surface area contributed by atoms with Gasteiger partial charge in [0.1, 0.15) is 0 Å². The van der Waals surface area contributed by atoms with Crippen molar-refractivity contribution in [3.05, 3.63) is 46.4 Å². The predicted molar refractivity (Wildman–Crippen MR) is 89.7 cm³/mol. The highest BCUT2D eigenvalue weighted by Gasteiger charge is 2.06. The van der Waals surface area contributed by atoms with Gasteiger partial charge in [0.2, 0.25) is 5.91 Å². The topological polar surface area (TPSA) is 78.1 Å². The van der Waals surface area contributed by atoms with Gasteiger partial charge in [-0.05, 0) is 31.2 Å². The van der Waals surface area contributed by atoms with Gasteiger partial charge >= 0.3 is 0 Å². The first-order chi connectivity index (χ1) is 10.4. The first kappa shape index (κ1) is 16.1. The van der Waals surface area contributed by atoms with E-state index < -0.39 is 0 Å². The van der Waals surface area contributed by atoms with Crippen LogP contribution in [0, 0.1) is 6.92 Å². The fraction of sp³-hybridized carbons (Fsp3) is 0.267. The van der Waals surface area contributed by atoms with Crippen LogP contribution in [0.15, 0.2) is 40.3 Å². The smallest absolute Gasteiger partial charge is 0.251 e. The number of carbonyl (C=O) groups excluding carboxylic acids is 1. The zero-order valence-corrected chi connectivity index (χ0v) is 13.5. The van der Waals surface area contributed by atoms with Crippen LogP contribution in [0.2, 0.25) is 0 Å². The van der Waals surface area contributed by atoms with E-state index in [1.165, 1.54) is 17.8 Å². The molecule has 6 nitrogen and oxygen atoms in total. The Morgan fingerprint density at radius 3 is 2.59 bits per heavy atom. The Morgan fingerprint density at radius 2 is 2.00 bits per heavy atom. The molecule has 116 valence electrons. The average Bonchev–Trinajstić information content (AvgIpc) is 2.45. The van der Waals surface area contributed by atoms with Crippen molar-refractivity contribution in [3.8, 4) is 0 Å². The molecule has 2 N–H and O–H groups in total. The van der Waals surface area contributed by atoms with E-state index in [4.69, 9.17) is 0 Å². The summed E-state index contributed by atoms with van der Waals surface area (Å²) in [7, 11) is 3.92. The third-order valence-electron chi connectivity index (χ3n) is 2.86. The van der Waals surface area contributed by atoms with Gasteiger partial charge in [0.15, 0.2) is 5.16 Å². The minimum Gasteiger partial charge on any atom is -0.378 e. The fourth-order valence-electron chi connectivity index (χ4n) is 1.79. The molecule has 2 aromatic rings. The Bertz CT molecular complexity index is 710. The van der Waals surface area contributed by atoms with Crippen LogP contribution in [0.5, 0.6) is 0 Å². The number of benzene rings is 1. The monoisotopic (exact) mass is 318 g/mol. The van der Waals surface area contributed by atoms with Crippen molar-refractivity contribution < 1.29 is 4.79 Å². The Morgan fingerprint density at radius 1 is 1.32 bits per heavy atom. The van der Waals surface area contributed by atoms with Crippen molar-refractivity contribution in [1.82, 2.24) is 9.97 Å². The predicted octanol–water partition coefficient (Wildman–Crippen LogP) is 1.88. The lowest BCUT2D eigenvalue weighted by atomic mass is 10.2. The molecule has 0 atom stereocenters. The van der Waals surface area contributed by atoms with Crippen LogP contribution in [-0.4, -0.2) is 35.7 Å². The van der Waals surface area contributed by atoms with E-state index >= 15 is 0 Å². The number of rotatable bonds is 5. The molecule has 0 saturated heterocycles. The van der Waals surface area contributed by atoms with Crippen LogP contribution in [0.3, 0.4) is 0 Å². The normalized spacial score (nSPS) is 10.3. The van der Waals surface area contributed by atoms with Gasteiger partial charge in [-0.15, -0.1) is 0 Å². The molecule has 7 heteroatoms. The van der Waals surface area contributed by atoms with Gasteiger partial charge in [0.05, 0.1) is 5.75 Å². The lowest BCUT2D eigenvalue weighted by molar-refractivity contribution is -0.113. The lowest BCUT2D eigenvalue weighted by Crippen LogP contribution is -2.15. The molecule has 0 unspecified atom stereocenters. The van der Waals surface area contributed by atoms with Gasteiger partial charge in [-0.2, -0.15) is 0 Å². The van der Waals surface area contributed by atoms with E-state index in [-0.39, 0.29) is 17.2 Å². The molecule has 1 aromatic carbocycles. The lowest BCUT2D eigenvalue weighted by Gasteiger charge is -2.13. The molecule has 0 aliphatic carbocycles. The summed E-state index contributed by atoms with van der Waals surface area (Å²) in [6, 6.07) is 8.98. The highest BCUT2D eigenvalue weighted by molar-refractivity contribution is 7.99. The van der Waals surface area contributed by atoms with Crippen LogP contribution in [0.4, 0.5) is 11.4 Å². The fourth-order valence-corrected chi connectivity index (χ4v) is 2.52. The number of hydrogen-bond donors (Lipinski definition) is 2. The maximum absolute atomic E-state index is 11.9. The molecule has 0 aliphatic heterocycles. The number of aromatic nitrogens is 2. The highest BCUT2D eigenvalue weighted by atomic mass is 32.2. The number of amides is 1. The van der Waals surface area contributed by atoms with Gasteiger partial charge < -0.3 is 15.2 Å². The standard InChI is InChI=1S/C15H18N4O2S/c1-10-8-13(20)18-15(16-10)22-9-14(21)17-11-4-6-12(7-5-11)19(2)3/h4-8H,9H2,1-3H3,(H,17,21)(H,16,18,20). The van der Waals surface area contributed by atoms with E-state index in [9.17, 15) is 9.59 Å². The van der Waals surface area contributed by atoms with Crippen molar-refractivity contribution in [2.24, 2.45) is 0 Å². The van der Waals surface area contributed by atoms with Crippen molar-refractivity contribution >= 4 is 29.0 Å². The van der Waals surface area contributed by atoms with Crippen LogP contribution in [-0.2, 0) is 4.79 Å². The molecule has 0 bridgehead atoms. The van der Waals surface area contributed by atoms with Gasteiger partial charge in [0, 0.05) is 37.2 Å². The van der Waals surface area contributed by atoms with Gasteiger partial charge in [-0.25, -0.2) is 4.98 Å². The summed E-state index contributed by atoms with van der Waals surface area (Å²) >= 11 is 1.20. The van der Waals surface area contributed by atoms with E-state index in [2.05, 4.69) is 15.3 Å². The summed E-state index contributed by atoms with van der Waals surface area (Å²) < 4.78 is 0. The summed E-state index contributed by atoms with van der Waals surface area (Å²) in [5.41, 5.74) is 2.22. The Hall–Kier alpha value is -2.28. The molecular weight excluding hydrogens is 300 g/mol. The number of aromatic amines is 1. The van der Waals surface area contributed by atoms with Gasteiger partial charge in [-0.3, -0.25) is 9.59 Å². The second-order valence-corrected chi connectivity index (χ2v) is 5.93. The van der Waals surface area contributed by atoms with Crippen molar-refractivity contribution in [2.45, 2.75) is 12.1 Å². The summed E-state index contributed by atoms with van der Waals surface area (Å²) in [4.78, 5) is 32.0. The largest absolute Gasteiger partial charge is 0.378 e. The summed E-state index contributed by atoms with van der Waals surface area (Å²) in [6.07, 6.45) is 0. The third kappa shape index (κ3) is 4.63. The molecule has 0 aliphatic rings. The third-order valence-corrected chi connectivity index (χ3v) is 3.73. The van der Waals surface area contributed by atoms with Gasteiger partial charge in [0.25, 0.3) is 5.56 Å². The minimum absolute atomic E-state index is 0.147. The maximum atomic E-state index is 11.9. The molecule has 1 heterocycles. The second kappa shape index (κ2) is 7.13. The van der Waals surface area contributed by atoms with E-state index in [0.717, 1.165) is 11.4 Å². The first-order valence-corrected chi connectivity index (χ1v) is 7.70. The van der Waals surface area contributed by atoms with Crippen LogP contribution in [0.25, 0.3) is 0 Å². The molecule has 0 radical (unpaired) electrons. The zero-order valence-electron chi connectivity index (χ0n) is 12.7. The van der Waals surface area contributed by atoms with E-state index in [1.807, 2.05) is 43.3 Å². The molecule has 2 rings (SSSR count). The second-order valence-electron chi connectivity index (χ2n) is 4.97. The van der Waals surface area contributed by atoms with Crippen LogP contribution >= 0.6 is 11.8 Å². The SMILES string of the molecule is Cc1cc(=O)[nH]c(SCC(=O)Nc2ccc(N(C)C)cc2)n1. The number of nitrogens with one attached hydrogen (secondary N) is 2. The minimum atomic E-state index is -0.213. The van der Waals surface area contributed by atoms with Crippen molar-refractivity contribution in [3.63, 3.8) is 0 Å². The molecule has 0 spiro atoms.